The average Bonchev–Trinajstić information content (AvgIpc) is 3.17. The summed E-state index contributed by atoms with van der Waals surface area (Å²) in [4.78, 5) is 26.0. The molecule has 154 valence electrons. The van der Waals surface area contributed by atoms with E-state index in [-0.39, 0.29) is 23.9 Å². The van der Waals surface area contributed by atoms with Crippen molar-refractivity contribution in [1.82, 2.24) is 0 Å². The lowest BCUT2D eigenvalue weighted by molar-refractivity contribution is -0.115. The van der Waals surface area contributed by atoms with Crippen LogP contribution in [-0.2, 0) is 11.2 Å². The molecule has 0 atom stereocenters. The van der Waals surface area contributed by atoms with Crippen LogP contribution in [0.3, 0.4) is 0 Å². The summed E-state index contributed by atoms with van der Waals surface area (Å²) in [7, 11) is 0. The number of furan rings is 1. The van der Waals surface area contributed by atoms with E-state index in [0.29, 0.717) is 46.9 Å². The van der Waals surface area contributed by atoms with Gasteiger partial charge in [0.25, 0.3) is 0 Å². The molecule has 1 N–H and O–H groups in total. The smallest absolute Gasteiger partial charge is 0.230 e. The molecule has 4 aromatic rings. The number of hydrogen-bond donors (Lipinski definition) is 1. The van der Waals surface area contributed by atoms with E-state index in [1.54, 1.807) is 24.3 Å². The number of ketones is 1. The third-order valence-electron chi connectivity index (χ3n) is 5.08. The second-order valence-corrected chi connectivity index (χ2v) is 7.20. The van der Waals surface area contributed by atoms with Crippen molar-refractivity contribution in [2.75, 3.05) is 18.5 Å². The number of carbonyl (C=O) groups excluding carboxylic acids is 2. The second kappa shape index (κ2) is 7.99. The Kier molecular flexibility index (Phi) is 4.88. The highest BCUT2D eigenvalue weighted by atomic mass is 16.6. The lowest BCUT2D eigenvalue weighted by Gasteiger charge is -2.18. The summed E-state index contributed by atoms with van der Waals surface area (Å²) in [5.74, 6) is 0.628. The van der Waals surface area contributed by atoms with Crippen molar-refractivity contribution in [3.05, 3.63) is 89.7 Å². The van der Waals surface area contributed by atoms with Crippen molar-refractivity contribution < 1.29 is 23.5 Å². The van der Waals surface area contributed by atoms with Crippen LogP contribution in [0.15, 0.2) is 77.2 Å². The van der Waals surface area contributed by atoms with Crippen molar-refractivity contribution in [1.29, 1.82) is 0 Å². The van der Waals surface area contributed by atoms with Gasteiger partial charge in [-0.05, 0) is 35.9 Å². The number of carbonyl (C=O) groups is 2. The Balaban J connectivity index is 1.50. The van der Waals surface area contributed by atoms with Gasteiger partial charge in [0.05, 0.1) is 12.1 Å². The molecule has 6 nitrogen and oxygen atoms in total. The molecule has 1 amide bonds. The lowest BCUT2D eigenvalue weighted by Crippen LogP contribution is -2.17. The van der Waals surface area contributed by atoms with E-state index < -0.39 is 0 Å². The van der Waals surface area contributed by atoms with E-state index in [4.69, 9.17) is 13.9 Å². The van der Waals surface area contributed by atoms with Gasteiger partial charge in [-0.3, -0.25) is 9.59 Å². The molecule has 3 aromatic carbocycles. The Labute approximate surface area is 178 Å². The molecule has 1 aromatic heterocycles. The molecule has 0 spiro atoms. The highest BCUT2D eigenvalue weighted by Crippen LogP contribution is 2.35. The zero-order valence-electron chi connectivity index (χ0n) is 16.6. The SMILES string of the molecule is O=C(Cc1ccccc1)Nc1c(C(=O)c2ccc3c(c2)OCCO3)oc2ccccc12. The number of rotatable bonds is 5. The number of anilines is 1. The second-order valence-electron chi connectivity index (χ2n) is 7.20. The van der Waals surface area contributed by atoms with Crippen LogP contribution in [0, 0.1) is 0 Å². The summed E-state index contributed by atoms with van der Waals surface area (Å²) in [6.45, 7) is 0.900. The number of amides is 1. The molecule has 0 radical (unpaired) electrons. The number of benzene rings is 3. The zero-order valence-corrected chi connectivity index (χ0v) is 16.6. The van der Waals surface area contributed by atoms with Gasteiger partial charge in [-0.2, -0.15) is 0 Å². The molecule has 0 saturated carbocycles. The van der Waals surface area contributed by atoms with E-state index >= 15 is 0 Å². The molecule has 2 heterocycles. The Hall–Kier alpha value is -4.06. The summed E-state index contributed by atoms with van der Waals surface area (Å²) < 4.78 is 17.0. The van der Waals surface area contributed by atoms with Crippen LogP contribution >= 0.6 is 0 Å². The van der Waals surface area contributed by atoms with E-state index in [2.05, 4.69) is 5.32 Å². The monoisotopic (exact) mass is 413 g/mol. The number of nitrogens with one attached hydrogen (secondary N) is 1. The maximum atomic E-state index is 13.3. The van der Waals surface area contributed by atoms with Crippen LogP contribution in [0.4, 0.5) is 5.69 Å². The number of hydrogen-bond acceptors (Lipinski definition) is 5. The first-order chi connectivity index (χ1) is 15.2. The third-order valence-corrected chi connectivity index (χ3v) is 5.08. The highest BCUT2D eigenvalue weighted by Gasteiger charge is 2.25. The standard InChI is InChI=1S/C25H19NO5/c27-22(14-16-6-2-1-3-7-16)26-23-18-8-4-5-9-19(18)31-25(23)24(28)17-10-11-20-21(15-17)30-13-12-29-20/h1-11,15H,12-14H2,(H,26,27). The van der Waals surface area contributed by atoms with E-state index in [0.717, 1.165) is 5.56 Å². The first-order valence-electron chi connectivity index (χ1n) is 9.99. The minimum atomic E-state index is -0.344. The first kappa shape index (κ1) is 18.9. The molecule has 5 rings (SSSR count). The van der Waals surface area contributed by atoms with Crippen molar-refractivity contribution in [2.24, 2.45) is 0 Å². The highest BCUT2D eigenvalue weighted by molar-refractivity contribution is 6.17. The predicted octanol–water partition coefficient (Wildman–Crippen LogP) is 4.62. The lowest BCUT2D eigenvalue weighted by atomic mass is 10.1. The van der Waals surface area contributed by atoms with Gasteiger partial charge in [-0.1, -0.05) is 42.5 Å². The Morgan fingerprint density at radius 2 is 1.58 bits per heavy atom. The fourth-order valence-electron chi connectivity index (χ4n) is 3.61. The van der Waals surface area contributed by atoms with Crippen LogP contribution in [0.25, 0.3) is 11.0 Å². The van der Waals surface area contributed by atoms with Gasteiger partial charge < -0.3 is 19.2 Å². The van der Waals surface area contributed by atoms with Crippen molar-refractivity contribution >= 4 is 28.3 Å². The quantitative estimate of drug-likeness (QED) is 0.483. The summed E-state index contributed by atoms with van der Waals surface area (Å²) >= 11 is 0. The number of ether oxygens (including phenoxy) is 2. The molecule has 0 bridgehead atoms. The Bertz CT molecular complexity index is 1280. The zero-order chi connectivity index (χ0) is 21.2. The Morgan fingerprint density at radius 1 is 0.839 bits per heavy atom. The molecular formula is C25H19NO5. The van der Waals surface area contributed by atoms with Gasteiger partial charge in [0.1, 0.15) is 18.8 Å². The molecule has 0 aliphatic carbocycles. The summed E-state index contributed by atoms with van der Waals surface area (Å²) in [5.41, 5.74) is 2.17. The molecule has 0 fully saturated rings. The van der Waals surface area contributed by atoms with E-state index in [1.807, 2.05) is 48.5 Å². The topological polar surface area (TPSA) is 77.8 Å². The van der Waals surface area contributed by atoms with Crippen molar-refractivity contribution in [2.45, 2.75) is 6.42 Å². The molecular weight excluding hydrogens is 394 g/mol. The van der Waals surface area contributed by atoms with Crippen LogP contribution in [0.2, 0.25) is 0 Å². The maximum Gasteiger partial charge on any atom is 0.230 e. The van der Waals surface area contributed by atoms with Crippen LogP contribution in [0.1, 0.15) is 21.7 Å². The van der Waals surface area contributed by atoms with Gasteiger partial charge >= 0.3 is 0 Å². The maximum absolute atomic E-state index is 13.3. The van der Waals surface area contributed by atoms with Gasteiger partial charge in [0.15, 0.2) is 17.3 Å². The molecule has 31 heavy (non-hydrogen) atoms. The van der Waals surface area contributed by atoms with Crippen molar-refractivity contribution in [3.63, 3.8) is 0 Å². The predicted molar refractivity (Wildman–Crippen MR) is 116 cm³/mol. The van der Waals surface area contributed by atoms with Gasteiger partial charge in [-0.15, -0.1) is 0 Å². The Morgan fingerprint density at radius 3 is 2.42 bits per heavy atom. The number of para-hydroxylation sites is 1. The van der Waals surface area contributed by atoms with E-state index in [1.165, 1.54) is 0 Å². The first-order valence-corrected chi connectivity index (χ1v) is 9.99. The minimum absolute atomic E-state index is 0.0827. The van der Waals surface area contributed by atoms with E-state index in [9.17, 15) is 9.59 Å². The number of fused-ring (bicyclic) bond motifs is 2. The normalized spacial score (nSPS) is 12.5. The molecule has 1 aliphatic rings. The van der Waals surface area contributed by atoms with Crippen molar-refractivity contribution in [3.8, 4) is 11.5 Å². The van der Waals surface area contributed by atoms with Gasteiger partial charge in [0, 0.05) is 10.9 Å². The third kappa shape index (κ3) is 3.75. The fourth-order valence-corrected chi connectivity index (χ4v) is 3.61. The minimum Gasteiger partial charge on any atom is -0.486 e. The van der Waals surface area contributed by atoms with Gasteiger partial charge in [0.2, 0.25) is 11.7 Å². The molecule has 6 heteroatoms. The summed E-state index contributed by atoms with van der Waals surface area (Å²) in [6, 6.07) is 21.7. The van der Waals surface area contributed by atoms with Crippen LogP contribution < -0.4 is 14.8 Å². The summed E-state index contributed by atoms with van der Waals surface area (Å²) in [6.07, 6.45) is 0.192. The molecule has 1 aliphatic heterocycles. The largest absolute Gasteiger partial charge is 0.486 e. The summed E-state index contributed by atoms with van der Waals surface area (Å²) in [5, 5.41) is 3.56. The molecule has 0 unspecified atom stereocenters. The van der Waals surface area contributed by atoms with Gasteiger partial charge in [-0.25, -0.2) is 0 Å². The fraction of sp³-hybridized carbons (Fsp3) is 0.120. The van der Waals surface area contributed by atoms with Crippen LogP contribution in [0.5, 0.6) is 11.5 Å². The average molecular weight is 413 g/mol. The van der Waals surface area contributed by atoms with Crippen LogP contribution in [-0.4, -0.2) is 24.9 Å². The molecule has 0 saturated heterocycles.